The zero-order chi connectivity index (χ0) is 19.1. The molecule has 1 saturated heterocycles. The summed E-state index contributed by atoms with van der Waals surface area (Å²) in [6.45, 7) is 0.518. The Morgan fingerprint density at radius 2 is 2.15 bits per heavy atom. The van der Waals surface area contributed by atoms with Gasteiger partial charge in [0.05, 0.1) is 4.70 Å². The Kier molecular flexibility index (Phi) is 4.57. The van der Waals surface area contributed by atoms with Gasteiger partial charge in [0.1, 0.15) is 5.92 Å². The predicted octanol–water partition coefficient (Wildman–Crippen LogP) is 1.60. The van der Waals surface area contributed by atoms with E-state index in [4.69, 9.17) is 5.73 Å². The summed E-state index contributed by atoms with van der Waals surface area (Å²) in [5, 5.41) is 2.16. The molecule has 0 aromatic carbocycles. The van der Waals surface area contributed by atoms with Crippen LogP contribution in [0.15, 0.2) is 17.6 Å². The lowest BCUT2D eigenvalue weighted by molar-refractivity contribution is -0.189. The average molecular weight is 387 g/mol. The maximum absolute atomic E-state index is 12.4. The number of primary amides is 1. The molecular formula is C15H12F3N3O4S. The smallest absolute Gasteiger partial charge is 0.399 e. The van der Waals surface area contributed by atoms with Crippen molar-refractivity contribution in [3.8, 4) is 5.88 Å². The number of amides is 2. The minimum absolute atomic E-state index is 0.166. The topological polar surface area (TPSA) is 103 Å². The van der Waals surface area contributed by atoms with Crippen molar-refractivity contribution in [1.29, 1.82) is 0 Å². The number of rotatable bonds is 4. The first-order valence-corrected chi connectivity index (χ1v) is 8.28. The van der Waals surface area contributed by atoms with Crippen LogP contribution in [-0.4, -0.2) is 40.4 Å². The molecule has 2 amide bonds. The molecule has 1 fully saturated rings. The van der Waals surface area contributed by atoms with Gasteiger partial charge < -0.3 is 15.4 Å². The van der Waals surface area contributed by atoms with Gasteiger partial charge in [-0.1, -0.05) is 0 Å². The van der Waals surface area contributed by atoms with Crippen molar-refractivity contribution in [1.82, 2.24) is 9.88 Å². The number of ether oxygens (including phenoxy) is 1. The number of carbonyl (C=O) groups is 3. The van der Waals surface area contributed by atoms with E-state index in [0.717, 1.165) is 11.3 Å². The number of fused-ring (bicyclic) bond motifs is 1. The van der Waals surface area contributed by atoms with E-state index in [1.165, 1.54) is 11.1 Å². The summed E-state index contributed by atoms with van der Waals surface area (Å²) >= 11 is 1.05. The van der Waals surface area contributed by atoms with Crippen molar-refractivity contribution in [3.63, 3.8) is 0 Å². The molecule has 11 heteroatoms. The monoisotopic (exact) mass is 387 g/mol. The maximum atomic E-state index is 12.4. The first-order valence-electron chi connectivity index (χ1n) is 7.40. The van der Waals surface area contributed by atoms with E-state index < -0.39 is 29.9 Å². The first-order chi connectivity index (χ1) is 12.2. The first kappa shape index (κ1) is 18.1. The van der Waals surface area contributed by atoms with Crippen LogP contribution < -0.4 is 10.5 Å². The molecule has 138 valence electrons. The van der Waals surface area contributed by atoms with Gasteiger partial charge in [0.2, 0.25) is 17.7 Å². The number of halogens is 3. The number of carbonyl (C=O) groups excluding carboxylic acids is 3. The molecule has 2 aromatic rings. The molecule has 3 heterocycles. The third-order valence-corrected chi connectivity index (χ3v) is 4.99. The van der Waals surface area contributed by atoms with Crippen molar-refractivity contribution in [3.05, 3.63) is 23.2 Å². The van der Waals surface area contributed by atoms with Crippen LogP contribution >= 0.6 is 11.3 Å². The van der Waals surface area contributed by atoms with Gasteiger partial charge in [0, 0.05) is 24.7 Å². The van der Waals surface area contributed by atoms with E-state index in [9.17, 15) is 27.6 Å². The van der Waals surface area contributed by atoms with Gasteiger partial charge in [-0.3, -0.25) is 9.59 Å². The molecule has 2 aromatic heterocycles. The number of hydrogen-bond acceptors (Lipinski definition) is 6. The van der Waals surface area contributed by atoms with Crippen LogP contribution in [0.25, 0.3) is 10.1 Å². The van der Waals surface area contributed by atoms with Gasteiger partial charge in [-0.25, -0.2) is 9.78 Å². The number of esters is 1. The Morgan fingerprint density at radius 1 is 1.42 bits per heavy atom. The summed E-state index contributed by atoms with van der Waals surface area (Å²) in [5.74, 6) is -4.71. The largest absolute Gasteiger partial charge is 0.491 e. The van der Waals surface area contributed by atoms with E-state index >= 15 is 0 Å². The molecule has 1 aliphatic heterocycles. The zero-order valence-corrected chi connectivity index (χ0v) is 13.9. The van der Waals surface area contributed by atoms with Crippen LogP contribution in [0, 0.1) is 5.92 Å². The standard InChI is InChI=1S/C15H12F3N3O4S/c16-15(17,18)14(24)25-12-10-8(1-3-20-12)7(6-26-10)5-21-4-2-9(11(19)22)13(21)23/h1,3,6,9H,2,4-5H2,(H2,19,22). The molecule has 3 rings (SSSR count). The molecule has 0 radical (unpaired) electrons. The molecule has 1 atom stereocenters. The Balaban J connectivity index is 1.84. The van der Waals surface area contributed by atoms with Crippen LogP contribution in [0.3, 0.4) is 0 Å². The number of nitrogens with zero attached hydrogens (tertiary/aromatic N) is 2. The SMILES string of the molecule is NC(=O)C1CCN(Cc2csc3c(OC(=O)C(F)(F)F)nccc23)C1=O. The Bertz CT molecular complexity index is 896. The van der Waals surface area contributed by atoms with Gasteiger partial charge in [-0.2, -0.15) is 13.2 Å². The number of thiophene rings is 1. The maximum Gasteiger partial charge on any atom is 0.491 e. The van der Waals surface area contributed by atoms with Crippen molar-refractivity contribution < 1.29 is 32.3 Å². The molecule has 0 spiro atoms. The second-order valence-electron chi connectivity index (χ2n) is 5.64. The normalized spacial score (nSPS) is 17.7. The Hall–Kier alpha value is -2.69. The van der Waals surface area contributed by atoms with Gasteiger partial charge in [-0.05, 0) is 23.4 Å². The molecule has 1 unspecified atom stereocenters. The lowest BCUT2D eigenvalue weighted by Crippen LogP contribution is -2.33. The molecule has 1 aliphatic rings. The second-order valence-corrected chi connectivity index (χ2v) is 6.52. The number of aromatic nitrogens is 1. The highest BCUT2D eigenvalue weighted by atomic mass is 32.1. The van der Waals surface area contributed by atoms with Gasteiger partial charge in [-0.15, -0.1) is 11.3 Å². The summed E-state index contributed by atoms with van der Waals surface area (Å²) in [6, 6.07) is 1.55. The Morgan fingerprint density at radius 3 is 2.77 bits per heavy atom. The summed E-state index contributed by atoms with van der Waals surface area (Å²) in [7, 11) is 0. The van der Waals surface area contributed by atoms with E-state index in [2.05, 4.69) is 9.72 Å². The molecule has 0 bridgehead atoms. The van der Waals surface area contributed by atoms with Crippen molar-refractivity contribution in [2.24, 2.45) is 11.7 Å². The van der Waals surface area contributed by atoms with Crippen LogP contribution in [0.4, 0.5) is 13.2 Å². The zero-order valence-electron chi connectivity index (χ0n) is 13.1. The van der Waals surface area contributed by atoms with Crippen LogP contribution in [0.2, 0.25) is 0 Å². The number of alkyl halides is 3. The average Bonchev–Trinajstić information content (AvgIpc) is 3.12. The van der Waals surface area contributed by atoms with Gasteiger partial charge in [0.15, 0.2) is 0 Å². The number of hydrogen-bond donors (Lipinski definition) is 1. The second kappa shape index (κ2) is 6.56. The summed E-state index contributed by atoms with van der Waals surface area (Å²) < 4.78 is 41.7. The number of pyridine rings is 1. The third kappa shape index (κ3) is 3.34. The number of likely N-dealkylation sites (tertiary alicyclic amines) is 1. The summed E-state index contributed by atoms with van der Waals surface area (Å²) in [5.41, 5.74) is 5.83. The van der Waals surface area contributed by atoms with Crippen molar-refractivity contribution >= 4 is 39.2 Å². The van der Waals surface area contributed by atoms with E-state index in [-0.39, 0.29) is 17.2 Å². The summed E-state index contributed by atoms with van der Waals surface area (Å²) in [6.07, 6.45) is -3.59. The minimum atomic E-state index is -5.13. The molecule has 0 aliphatic carbocycles. The van der Waals surface area contributed by atoms with Crippen LogP contribution in [0.1, 0.15) is 12.0 Å². The van der Waals surface area contributed by atoms with Gasteiger partial charge in [0.25, 0.3) is 0 Å². The van der Waals surface area contributed by atoms with E-state index in [1.807, 2.05) is 0 Å². The molecule has 0 saturated carbocycles. The van der Waals surface area contributed by atoms with E-state index in [0.29, 0.717) is 23.9 Å². The predicted molar refractivity (Wildman–Crippen MR) is 84.0 cm³/mol. The number of nitrogens with two attached hydrogens (primary N) is 1. The molecule has 2 N–H and O–H groups in total. The highest BCUT2D eigenvalue weighted by Crippen LogP contribution is 2.34. The lowest BCUT2D eigenvalue weighted by Gasteiger charge is -2.15. The lowest BCUT2D eigenvalue weighted by atomic mass is 10.1. The minimum Gasteiger partial charge on any atom is -0.399 e. The fourth-order valence-corrected chi connectivity index (χ4v) is 3.68. The third-order valence-electron chi connectivity index (χ3n) is 3.96. The van der Waals surface area contributed by atoms with Crippen molar-refractivity contribution in [2.45, 2.75) is 19.1 Å². The highest BCUT2D eigenvalue weighted by Gasteiger charge is 2.42. The fourth-order valence-electron chi connectivity index (χ4n) is 2.70. The van der Waals surface area contributed by atoms with Gasteiger partial charge >= 0.3 is 12.1 Å². The summed E-state index contributed by atoms with van der Waals surface area (Å²) in [4.78, 5) is 39.5. The highest BCUT2D eigenvalue weighted by molar-refractivity contribution is 7.17. The van der Waals surface area contributed by atoms with E-state index in [1.54, 1.807) is 11.4 Å². The molecular weight excluding hydrogens is 375 g/mol. The fraction of sp³-hybridized carbons (Fsp3) is 0.333. The van der Waals surface area contributed by atoms with Crippen LogP contribution in [0.5, 0.6) is 5.88 Å². The Labute approximate surface area is 148 Å². The molecule has 7 nitrogen and oxygen atoms in total. The molecule has 26 heavy (non-hydrogen) atoms. The van der Waals surface area contributed by atoms with Crippen LogP contribution in [-0.2, 0) is 20.9 Å². The quantitative estimate of drug-likeness (QED) is 0.634. The van der Waals surface area contributed by atoms with Crippen molar-refractivity contribution in [2.75, 3.05) is 6.54 Å².